The van der Waals surface area contributed by atoms with Crippen LogP contribution in [0.25, 0.3) is 27.5 Å². The summed E-state index contributed by atoms with van der Waals surface area (Å²) in [5.41, 5.74) is 8.34. The fourth-order valence-electron chi connectivity index (χ4n) is 4.93. The van der Waals surface area contributed by atoms with Crippen molar-refractivity contribution < 1.29 is 0 Å². The normalized spacial score (nSPS) is 11.2. The third kappa shape index (κ3) is 3.98. The van der Waals surface area contributed by atoms with Gasteiger partial charge in [0.15, 0.2) is 0 Å². The number of aryl methyl sites for hydroxylation is 1. The van der Waals surface area contributed by atoms with Gasteiger partial charge in [0, 0.05) is 33.5 Å². The first-order chi connectivity index (χ1) is 17.3. The summed E-state index contributed by atoms with van der Waals surface area (Å²) in [6, 6.07) is 45.4. The molecular formula is C32H26N2S. The number of benzene rings is 5. The lowest BCUT2D eigenvalue weighted by Gasteiger charge is -2.25. The molecule has 0 saturated heterocycles. The minimum atomic E-state index is 0.852. The number of rotatable bonds is 6. The maximum absolute atomic E-state index is 4.43. The zero-order chi connectivity index (χ0) is 23.6. The van der Waals surface area contributed by atoms with E-state index in [9.17, 15) is 0 Å². The molecule has 3 heteroatoms. The Hall–Kier alpha value is -3.95. The minimum Gasteiger partial charge on any atom is -0.311 e. The van der Waals surface area contributed by atoms with Crippen LogP contribution in [0.2, 0.25) is 0 Å². The molecule has 35 heavy (non-hydrogen) atoms. The van der Waals surface area contributed by atoms with Gasteiger partial charge in [-0.1, -0.05) is 60.7 Å². The Labute approximate surface area is 211 Å². The molecule has 0 saturated carbocycles. The number of para-hydroxylation sites is 3. The van der Waals surface area contributed by atoms with Crippen molar-refractivity contribution in [2.75, 3.05) is 10.7 Å². The molecule has 0 radical (unpaired) electrons. The van der Waals surface area contributed by atoms with Crippen LogP contribution < -0.4 is 4.90 Å². The van der Waals surface area contributed by atoms with Gasteiger partial charge in [-0.3, -0.25) is 0 Å². The summed E-state index contributed by atoms with van der Waals surface area (Å²) >= 11 is 4.43. The largest absolute Gasteiger partial charge is 0.311 e. The predicted molar refractivity (Wildman–Crippen MR) is 153 cm³/mol. The molecule has 170 valence electrons. The lowest BCUT2D eigenvalue weighted by Crippen LogP contribution is -2.09. The molecule has 0 N–H and O–H groups in total. The molecule has 0 atom stereocenters. The van der Waals surface area contributed by atoms with E-state index in [1.807, 2.05) is 0 Å². The van der Waals surface area contributed by atoms with Gasteiger partial charge in [-0.2, -0.15) is 12.6 Å². The lowest BCUT2D eigenvalue weighted by atomic mass is 10.1. The Morgan fingerprint density at radius 2 is 1.11 bits per heavy atom. The summed E-state index contributed by atoms with van der Waals surface area (Å²) in [5.74, 6) is 0.852. The first-order valence-corrected chi connectivity index (χ1v) is 12.6. The maximum atomic E-state index is 4.43. The van der Waals surface area contributed by atoms with Gasteiger partial charge >= 0.3 is 0 Å². The summed E-state index contributed by atoms with van der Waals surface area (Å²) in [7, 11) is 0. The Kier molecular flexibility index (Phi) is 5.77. The van der Waals surface area contributed by atoms with Gasteiger partial charge in [-0.15, -0.1) is 0 Å². The van der Waals surface area contributed by atoms with Crippen LogP contribution in [0.3, 0.4) is 0 Å². The van der Waals surface area contributed by atoms with Gasteiger partial charge in [0.05, 0.1) is 11.0 Å². The highest BCUT2D eigenvalue weighted by molar-refractivity contribution is 7.80. The second kappa shape index (κ2) is 9.36. The van der Waals surface area contributed by atoms with Crippen molar-refractivity contribution in [3.63, 3.8) is 0 Å². The fraction of sp³-hybridized carbons (Fsp3) is 0.0625. The van der Waals surface area contributed by atoms with Crippen molar-refractivity contribution in [1.29, 1.82) is 0 Å². The standard InChI is InChI=1S/C32H26N2S/c35-22-21-24-15-20-32-30(23-24)29-13-7-8-14-31(29)34(32)28-18-16-27(17-19-28)33(25-9-3-1-4-10-25)26-11-5-2-6-12-26/h1-20,23,35H,21-22H2. The molecular weight excluding hydrogens is 444 g/mol. The number of fused-ring (bicyclic) bond motifs is 3. The smallest absolute Gasteiger partial charge is 0.0541 e. The van der Waals surface area contributed by atoms with E-state index in [2.05, 4.69) is 149 Å². The van der Waals surface area contributed by atoms with Crippen molar-refractivity contribution >= 4 is 51.5 Å². The number of hydrogen-bond donors (Lipinski definition) is 1. The van der Waals surface area contributed by atoms with Gasteiger partial charge in [0.2, 0.25) is 0 Å². The molecule has 1 aromatic heterocycles. The Balaban J connectivity index is 1.48. The highest BCUT2D eigenvalue weighted by Gasteiger charge is 2.15. The molecule has 0 aliphatic carbocycles. The predicted octanol–water partition coefficient (Wildman–Crippen LogP) is 8.73. The number of nitrogens with zero attached hydrogens (tertiary/aromatic N) is 2. The van der Waals surface area contributed by atoms with Crippen molar-refractivity contribution in [2.45, 2.75) is 6.42 Å². The van der Waals surface area contributed by atoms with Crippen LogP contribution in [0.15, 0.2) is 127 Å². The zero-order valence-electron chi connectivity index (χ0n) is 19.4. The van der Waals surface area contributed by atoms with Gasteiger partial charge < -0.3 is 9.47 Å². The lowest BCUT2D eigenvalue weighted by molar-refractivity contribution is 1.15. The summed E-state index contributed by atoms with van der Waals surface area (Å²) in [4.78, 5) is 2.29. The summed E-state index contributed by atoms with van der Waals surface area (Å²) in [6.07, 6.45) is 0.974. The average Bonchev–Trinajstić information content (AvgIpc) is 3.25. The molecule has 2 nitrogen and oxygen atoms in total. The van der Waals surface area contributed by atoms with E-state index in [-0.39, 0.29) is 0 Å². The molecule has 6 aromatic rings. The Bertz CT molecular complexity index is 1550. The van der Waals surface area contributed by atoms with Crippen LogP contribution in [0, 0.1) is 0 Å². The number of anilines is 3. The first kappa shape index (κ1) is 21.6. The summed E-state index contributed by atoms with van der Waals surface area (Å²) < 4.78 is 2.37. The Morgan fingerprint density at radius 3 is 1.77 bits per heavy atom. The molecule has 5 aromatic carbocycles. The van der Waals surface area contributed by atoms with Crippen LogP contribution in [0.1, 0.15) is 5.56 Å². The maximum Gasteiger partial charge on any atom is 0.0541 e. The minimum absolute atomic E-state index is 0.852. The summed E-state index contributed by atoms with van der Waals surface area (Å²) in [6.45, 7) is 0. The molecule has 0 aliphatic heterocycles. The van der Waals surface area contributed by atoms with E-state index in [0.717, 1.165) is 34.9 Å². The van der Waals surface area contributed by atoms with Gasteiger partial charge in [0.1, 0.15) is 0 Å². The number of hydrogen-bond acceptors (Lipinski definition) is 2. The molecule has 0 spiro atoms. The van der Waals surface area contributed by atoms with Crippen molar-refractivity contribution in [1.82, 2.24) is 4.57 Å². The average molecular weight is 471 g/mol. The molecule has 0 aliphatic rings. The Morgan fingerprint density at radius 1 is 0.543 bits per heavy atom. The van der Waals surface area contributed by atoms with Crippen LogP contribution in [-0.2, 0) is 6.42 Å². The SMILES string of the molecule is SCCc1ccc2c(c1)c1ccccc1n2-c1ccc(N(c2ccccc2)c2ccccc2)cc1. The van der Waals surface area contributed by atoms with Gasteiger partial charge in [-0.05, 0) is 84.5 Å². The molecule has 0 bridgehead atoms. The first-order valence-electron chi connectivity index (χ1n) is 12.0. The monoisotopic (exact) mass is 470 g/mol. The third-order valence-corrected chi connectivity index (χ3v) is 6.76. The zero-order valence-corrected chi connectivity index (χ0v) is 20.3. The van der Waals surface area contributed by atoms with Gasteiger partial charge in [-0.25, -0.2) is 0 Å². The van der Waals surface area contributed by atoms with E-state index in [1.54, 1.807) is 0 Å². The van der Waals surface area contributed by atoms with E-state index >= 15 is 0 Å². The van der Waals surface area contributed by atoms with E-state index in [0.29, 0.717) is 0 Å². The van der Waals surface area contributed by atoms with E-state index in [1.165, 1.54) is 27.4 Å². The quantitative estimate of drug-likeness (QED) is 0.239. The van der Waals surface area contributed by atoms with Crippen LogP contribution in [0.4, 0.5) is 17.1 Å². The summed E-state index contributed by atoms with van der Waals surface area (Å²) in [5, 5.41) is 2.57. The highest BCUT2D eigenvalue weighted by Crippen LogP contribution is 2.36. The van der Waals surface area contributed by atoms with Crippen LogP contribution in [-0.4, -0.2) is 10.3 Å². The molecule has 1 heterocycles. The third-order valence-electron chi connectivity index (χ3n) is 6.53. The van der Waals surface area contributed by atoms with Gasteiger partial charge in [0.25, 0.3) is 0 Å². The van der Waals surface area contributed by atoms with Crippen molar-refractivity contribution in [2.24, 2.45) is 0 Å². The topological polar surface area (TPSA) is 8.17 Å². The molecule has 6 rings (SSSR count). The molecule has 0 unspecified atom stereocenters. The molecule has 0 fully saturated rings. The van der Waals surface area contributed by atoms with Crippen molar-refractivity contribution in [3.8, 4) is 5.69 Å². The second-order valence-electron chi connectivity index (χ2n) is 8.70. The van der Waals surface area contributed by atoms with Crippen LogP contribution in [0.5, 0.6) is 0 Å². The highest BCUT2D eigenvalue weighted by atomic mass is 32.1. The fourth-order valence-corrected chi connectivity index (χ4v) is 5.19. The second-order valence-corrected chi connectivity index (χ2v) is 9.15. The van der Waals surface area contributed by atoms with E-state index in [4.69, 9.17) is 0 Å². The number of aromatic nitrogens is 1. The van der Waals surface area contributed by atoms with Crippen LogP contribution >= 0.6 is 12.6 Å². The number of thiol groups is 1. The van der Waals surface area contributed by atoms with Crippen molar-refractivity contribution in [3.05, 3.63) is 133 Å². The van der Waals surface area contributed by atoms with E-state index < -0.39 is 0 Å². The molecule has 0 amide bonds.